The molecular formula is HNaO4Ti-2. The molecule has 0 radical (unpaired) electrons. The van der Waals surface area contributed by atoms with Crippen LogP contribution in [0.5, 0.6) is 0 Å². The first-order valence-electron chi connectivity index (χ1n) is 0.816. The SMILES string of the molecule is [H+].[Na+].[O-][Ti]([O-])([O-])[O-]. The molecule has 0 spiro atoms. The summed E-state index contributed by atoms with van der Waals surface area (Å²) in [5.41, 5.74) is 0. The molecule has 0 aromatic rings. The molecule has 0 fully saturated rings. The Morgan fingerprint density at radius 1 is 1.00 bits per heavy atom. The predicted molar refractivity (Wildman–Crippen MR) is 1.11 cm³/mol. The topological polar surface area (TPSA) is 92.2 Å². The van der Waals surface area contributed by atoms with Gasteiger partial charge in [-0.15, -0.1) is 0 Å². The van der Waals surface area contributed by atoms with Crippen molar-refractivity contribution in [2.75, 3.05) is 0 Å². The molecule has 0 aromatic carbocycles. The fourth-order valence-corrected chi connectivity index (χ4v) is 0. The molecule has 0 amide bonds. The average molecular weight is 136 g/mol. The van der Waals surface area contributed by atoms with E-state index in [9.17, 15) is 0 Å². The van der Waals surface area contributed by atoms with Gasteiger partial charge in [0.15, 0.2) is 0 Å². The van der Waals surface area contributed by atoms with E-state index in [1.54, 1.807) is 0 Å². The third-order valence-electron chi connectivity index (χ3n) is 0. The number of rotatable bonds is 0. The van der Waals surface area contributed by atoms with Crippen LogP contribution in [-0.2, 0) is 18.1 Å². The van der Waals surface area contributed by atoms with E-state index in [1.165, 1.54) is 0 Å². The minimum absolute atomic E-state index is 0. The Balaban J connectivity index is -0.0000000800. The summed E-state index contributed by atoms with van der Waals surface area (Å²) in [5.74, 6) is 0. The van der Waals surface area contributed by atoms with E-state index in [1.807, 2.05) is 0 Å². The van der Waals surface area contributed by atoms with Crippen LogP contribution in [0.3, 0.4) is 0 Å². The molecule has 6 heavy (non-hydrogen) atoms. The first kappa shape index (κ1) is 10.5. The van der Waals surface area contributed by atoms with Crippen LogP contribution in [0.1, 0.15) is 1.43 Å². The van der Waals surface area contributed by atoms with Crippen LogP contribution in [0, 0.1) is 0 Å². The van der Waals surface area contributed by atoms with E-state index >= 15 is 0 Å². The van der Waals surface area contributed by atoms with E-state index in [2.05, 4.69) is 0 Å². The third kappa shape index (κ3) is 47.7. The molecule has 6 heteroatoms. The Kier molecular flexibility index (Phi) is 6.21. The van der Waals surface area contributed by atoms with Gasteiger partial charge in [0.2, 0.25) is 0 Å². The van der Waals surface area contributed by atoms with Gasteiger partial charge < -0.3 is 0 Å². The first-order chi connectivity index (χ1) is 2.00. The summed E-state index contributed by atoms with van der Waals surface area (Å²) in [4.78, 5) is 0. The Bertz CT molecular complexity index is 27.2. The van der Waals surface area contributed by atoms with Crippen molar-refractivity contribution in [1.82, 2.24) is 0 Å². The summed E-state index contributed by atoms with van der Waals surface area (Å²) in [7, 11) is 0. The average Bonchev–Trinajstić information content (AvgIpc) is 0.722. The van der Waals surface area contributed by atoms with Gasteiger partial charge in [-0.2, -0.15) is 0 Å². The third-order valence-corrected chi connectivity index (χ3v) is 0. The van der Waals surface area contributed by atoms with Crippen molar-refractivity contribution in [3.8, 4) is 0 Å². The van der Waals surface area contributed by atoms with Crippen molar-refractivity contribution in [3.63, 3.8) is 0 Å². The van der Waals surface area contributed by atoms with Gasteiger partial charge in [0.1, 0.15) is 0 Å². The molecule has 0 rings (SSSR count). The van der Waals surface area contributed by atoms with E-state index in [4.69, 9.17) is 14.8 Å². The molecule has 4 nitrogen and oxygen atoms in total. The van der Waals surface area contributed by atoms with E-state index in [0.717, 1.165) is 0 Å². The van der Waals surface area contributed by atoms with Gasteiger partial charge >= 0.3 is 63.9 Å². The van der Waals surface area contributed by atoms with Crippen LogP contribution in [0.25, 0.3) is 0 Å². The van der Waals surface area contributed by atoms with Crippen LogP contribution in [0.2, 0.25) is 0 Å². The molecule has 0 N–H and O–H groups in total. The molecule has 0 aliphatic carbocycles. The summed E-state index contributed by atoms with van der Waals surface area (Å²) >= 11 is -6.00. The molecule has 0 aliphatic rings. The fraction of sp³-hybridized carbons (Fsp3) is 0. The zero-order valence-electron chi connectivity index (χ0n) is 4.13. The van der Waals surface area contributed by atoms with Crippen LogP contribution >= 0.6 is 0 Å². The summed E-state index contributed by atoms with van der Waals surface area (Å²) in [6.07, 6.45) is 0. The van der Waals surface area contributed by atoms with E-state index < -0.39 is 18.1 Å². The second-order valence-electron chi connectivity index (χ2n) is 0.500. The fourth-order valence-electron chi connectivity index (χ4n) is 0. The predicted octanol–water partition coefficient (Wildman–Crippen LogP) is -7.64. The van der Waals surface area contributed by atoms with Gasteiger partial charge in [0.25, 0.3) is 0 Å². The minimum atomic E-state index is -6.00. The normalized spacial score (nSPS) is 10.0. The van der Waals surface area contributed by atoms with Crippen LogP contribution in [-0.4, -0.2) is 0 Å². The summed E-state index contributed by atoms with van der Waals surface area (Å²) < 4.78 is 34.5. The second kappa shape index (κ2) is 3.54. The molecular weight excluding hydrogens is 135 g/mol. The van der Waals surface area contributed by atoms with Crippen molar-refractivity contribution < 1.29 is 63.9 Å². The second-order valence-corrected chi connectivity index (χ2v) is 2.06. The molecule has 0 atom stereocenters. The number of hydrogen-bond acceptors (Lipinski definition) is 4. The van der Waals surface area contributed by atoms with Gasteiger partial charge in [-0.25, -0.2) is 0 Å². The van der Waals surface area contributed by atoms with Gasteiger partial charge in [0, 0.05) is 0 Å². The van der Waals surface area contributed by atoms with Gasteiger partial charge in [-0.3, -0.25) is 0 Å². The number of hydrogen-bond donors (Lipinski definition) is 0. The molecule has 0 saturated heterocycles. The summed E-state index contributed by atoms with van der Waals surface area (Å²) in [6, 6.07) is 0. The van der Waals surface area contributed by atoms with Crippen LogP contribution in [0.4, 0.5) is 0 Å². The molecule has 0 aliphatic heterocycles. The van der Waals surface area contributed by atoms with Crippen molar-refractivity contribution in [2.45, 2.75) is 0 Å². The maximum atomic E-state index is 8.62. The maximum absolute atomic E-state index is 8.62. The molecule has 0 saturated carbocycles. The summed E-state index contributed by atoms with van der Waals surface area (Å²) in [6.45, 7) is 0. The van der Waals surface area contributed by atoms with Gasteiger partial charge in [0.05, 0.1) is 0 Å². The zero-order chi connectivity index (χ0) is 4.50. The van der Waals surface area contributed by atoms with Crippen LogP contribution < -0.4 is 44.3 Å². The van der Waals surface area contributed by atoms with Crippen molar-refractivity contribution >= 4 is 0 Å². The van der Waals surface area contributed by atoms with Crippen molar-refractivity contribution in [1.29, 1.82) is 0 Å². The molecule has 0 aromatic heterocycles. The Hall–Kier alpha value is 1.55. The van der Waals surface area contributed by atoms with E-state index in [0.29, 0.717) is 0 Å². The quantitative estimate of drug-likeness (QED) is 0.309. The molecule has 0 heterocycles. The Labute approximate surface area is 63.5 Å². The van der Waals surface area contributed by atoms with Gasteiger partial charge in [-0.1, -0.05) is 0 Å². The monoisotopic (exact) mass is 136 g/mol. The Morgan fingerprint density at radius 3 is 1.00 bits per heavy atom. The molecule has 0 bridgehead atoms. The summed E-state index contributed by atoms with van der Waals surface area (Å²) in [5, 5.41) is 0. The Morgan fingerprint density at radius 2 is 1.00 bits per heavy atom. The zero-order valence-corrected chi connectivity index (χ0v) is 6.69. The van der Waals surface area contributed by atoms with E-state index in [-0.39, 0.29) is 31.0 Å². The standard InChI is InChI=1S/Na.4O.Ti/q+1;4*-1;/p+1. The molecule has 32 valence electrons. The molecule has 0 unspecified atom stereocenters. The van der Waals surface area contributed by atoms with Crippen LogP contribution in [0.15, 0.2) is 0 Å². The van der Waals surface area contributed by atoms with Crippen molar-refractivity contribution in [3.05, 3.63) is 0 Å². The van der Waals surface area contributed by atoms with Crippen molar-refractivity contribution in [2.24, 2.45) is 0 Å². The first-order valence-corrected chi connectivity index (χ1v) is 3.37. The van der Waals surface area contributed by atoms with Gasteiger partial charge in [-0.05, 0) is 0 Å².